The molecule has 0 aliphatic rings. The fourth-order valence-corrected chi connectivity index (χ4v) is 0.728. The lowest BCUT2D eigenvalue weighted by Gasteiger charge is -1.95. The van der Waals surface area contributed by atoms with Gasteiger partial charge in [0.25, 0.3) is 0 Å². The first-order chi connectivity index (χ1) is 5.68. The fraction of sp³-hybridized carbons (Fsp3) is 0.500. The summed E-state index contributed by atoms with van der Waals surface area (Å²) in [6.45, 7) is 6.33. The van der Waals surface area contributed by atoms with Gasteiger partial charge in [-0.25, -0.2) is 0 Å². The molecule has 0 fully saturated rings. The summed E-state index contributed by atoms with van der Waals surface area (Å²) in [4.78, 5) is 0. The minimum absolute atomic E-state index is 0.128. The smallest absolute Gasteiger partial charge is 0.113 e. The normalized spacial score (nSPS) is 8.58. The van der Waals surface area contributed by atoms with Gasteiger partial charge in [-0.2, -0.15) is 5.10 Å². The molecule has 0 saturated carbocycles. The molecule has 68 valence electrons. The van der Waals surface area contributed by atoms with Crippen molar-refractivity contribution in [3.63, 3.8) is 0 Å². The summed E-state index contributed by atoms with van der Waals surface area (Å²) in [5, 5.41) is 10.9. The monoisotopic (exact) mass is 168 g/mol. The molecule has 0 aliphatic heterocycles. The van der Waals surface area contributed by atoms with Crippen LogP contribution in [-0.4, -0.2) is 15.6 Å². The predicted molar refractivity (Wildman–Crippen MR) is 50.2 cm³/mol. The third-order valence-electron chi connectivity index (χ3n) is 1.09. The summed E-state index contributed by atoms with van der Waals surface area (Å²) in [6.07, 6.45) is 3.59. The number of hydrogen-bond acceptors (Lipinski definition) is 2. The van der Waals surface area contributed by atoms with E-state index in [1.165, 1.54) is 0 Å². The van der Waals surface area contributed by atoms with Crippen molar-refractivity contribution < 1.29 is 0 Å². The van der Waals surface area contributed by atoms with Crippen LogP contribution in [0.2, 0.25) is 0 Å². The summed E-state index contributed by atoms with van der Waals surface area (Å²) in [5.74, 6) is 0.128. The lowest BCUT2D eigenvalue weighted by atomic mass is 10.4. The van der Waals surface area contributed by atoms with Crippen LogP contribution in [-0.2, 0) is 6.54 Å². The van der Waals surface area contributed by atoms with Gasteiger partial charge in [0, 0.05) is 6.20 Å². The summed E-state index contributed by atoms with van der Waals surface area (Å²) < 4.78 is 1.64. The number of hydrogen-bond donors (Lipinski definition) is 2. The maximum Gasteiger partial charge on any atom is 0.113 e. The van der Waals surface area contributed by atoms with E-state index in [-0.39, 0.29) is 5.84 Å². The molecule has 0 radical (unpaired) electrons. The molecular formula is C8H16N4. The van der Waals surface area contributed by atoms with Crippen molar-refractivity contribution in [3.05, 3.63) is 18.0 Å². The van der Waals surface area contributed by atoms with Gasteiger partial charge in [-0.05, 0) is 12.5 Å². The Kier molecular flexibility index (Phi) is 4.76. The van der Waals surface area contributed by atoms with E-state index in [0.29, 0.717) is 6.54 Å². The SMILES string of the molecule is CC.Cc1cnn(CC(=N)N)c1. The van der Waals surface area contributed by atoms with E-state index in [9.17, 15) is 0 Å². The standard InChI is InChI=1S/C6H10N4.C2H6/c1-5-2-9-10(3-5)4-6(7)8;1-2/h2-3H,4H2,1H3,(H3,7,8);1-2H3. The first-order valence-corrected chi connectivity index (χ1v) is 4.00. The number of nitrogens with one attached hydrogen (secondary N) is 1. The van der Waals surface area contributed by atoms with Gasteiger partial charge in [0.15, 0.2) is 0 Å². The van der Waals surface area contributed by atoms with Crippen molar-refractivity contribution in [2.75, 3.05) is 0 Å². The molecule has 0 aromatic carbocycles. The van der Waals surface area contributed by atoms with Crippen LogP contribution in [0.5, 0.6) is 0 Å². The molecule has 0 spiro atoms. The molecule has 1 heterocycles. The number of aromatic nitrogens is 2. The van der Waals surface area contributed by atoms with E-state index in [4.69, 9.17) is 11.1 Å². The van der Waals surface area contributed by atoms with Crippen molar-refractivity contribution in [2.45, 2.75) is 27.3 Å². The van der Waals surface area contributed by atoms with Crippen LogP contribution < -0.4 is 5.73 Å². The molecule has 1 aromatic rings. The molecule has 0 amide bonds. The number of amidine groups is 1. The van der Waals surface area contributed by atoms with E-state index in [2.05, 4.69) is 5.10 Å². The van der Waals surface area contributed by atoms with Crippen molar-refractivity contribution in [3.8, 4) is 0 Å². The maximum atomic E-state index is 6.96. The highest BCUT2D eigenvalue weighted by molar-refractivity contribution is 5.76. The highest BCUT2D eigenvalue weighted by Gasteiger charge is 1.93. The largest absolute Gasteiger partial charge is 0.386 e. The molecule has 0 saturated heterocycles. The third-order valence-corrected chi connectivity index (χ3v) is 1.09. The zero-order chi connectivity index (χ0) is 9.56. The number of rotatable bonds is 2. The third kappa shape index (κ3) is 3.75. The Labute approximate surface area is 72.9 Å². The van der Waals surface area contributed by atoms with Gasteiger partial charge >= 0.3 is 0 Å². The van der Waals surface area contributed by atoms with Crippen LogP contribution >= 0.6 is 0 Å². The Bertz CT molecular complexity index is 239. The Morgan fingerprint density at radius 2 is 2.25 bits per heavy atom. The number of aryl methyl sites for hydroxylation is 1. The highest BCUT2D eigenvalue weighted by atomic mass is 15.3. The van der Waals surface area contributed by atoms with Crippen LogP contribution in [0.4, 0.5) is 0 Å². The summed E-state index contributed by atoms with van der Waals surface area (Å²) in [6, 6.07) is 0. The van der Waals surface area contributed by atoms with Crippen LogP contribution in [0.1, 0.15) is 19.4 Å². The Morgan fingerprint density at radius 1 is 1.67 bits per heavy atom. The maximum absolute atomic E-state index is 6.96. The first-order valence-electron chi connectivity index (χ1n) is 4.00. The van der Waals surface area contributed by atoms with E-state index >= 15 is 0 Å². The van der Waals surface area contributed by atoms with Crippen molar-refractivity contribution in [2.24, 2.45) is 5.73 Å². The lowest BCUT2D eigenvalue weighted by molar-refractivity contribution is 0.717. The molecule has 1 aromatic heterocycles. The summed E-state index contributed by atoms with van der Waals surface area (Å²) in [7, 11) is 0. The Balaban J connectivity index is 0.000000561. The molecule has 12 heavy (non-hydrogen) atoms. The van der Waals surface area contributed by atoms with Gasteiger partial charge in [0.05, 0.1) is 12.7 Å². The first kappa shape index (κ1) is 10.7. The average Bonchev–Trinajstić information content (AvgIpc) is 2.39. The summed E-state index contributed by atoms with van der Waals surface area (Å²) >= 11 is 0. The minimum atomic E-state index is 0.128. The van der Waals surface area contributed by atoms with Gasteiger partial charge in [0.1, 0.15) is 5.84 Å². The quantitative estimate of drug-likeness (QED) is 0.514. The van der Waals surface area contributed by atoms with Gasteiger partial charge in [0.2, 0.25) is 0 Å². The molecule has 3 N–H and O–H groups in total. The van der Waals surface area contributed by atoms with Gasteiger partial charge in [-0.1, -0.05) is 13.8 Å². The molecule has 0 unspecified atom stereocenters. The van der Waals surface area contributed by atoms with Gasteiger partial charge in [-0.15, -0.1) is 0 Å². The number of nitrogens with zero attached hydrogens (tertiary/aromatic N) is 2. The van der Waals surface area contributed by atoms with Crippen molar-refractivity contribution in [1.82, 2.24) is 9.78 Å². The van der Waals surface area contributed by atoms with Gasteiger partial charge in [-0.3, -0.25) is 10.1 Å². The molecule has 4 heteroatoms. The Morgan fingerprint density at radius 3 is 2.58 bits per heavy atom. The van der Waals surface area contributed by atoms with Crippen LogP contribution in [0.3, 0.4) is 0 Å². The minimum Gasteiger partial charge on any atom is -0.386 e. The molecule has 0 aliphatic carbocycles. The zero-order valence-electron chi connectivity index (χ0n) is 7.83. The van der Waals surface area contributed by atoms with E-state index in [1.807, 2.05) is 27.0 Å². The van der Waals surface area contributed by atoms with Crippen LogP contribution in [0.25, 0.3) is 0 Å². The predicted octanol–water partition coefficient (Wildman–Crippen LogP) is 1.15. The molecular weight excluding hydrogens is 152 g/mol. The van der Waals surface area contributed by atoms with Crippen molar-refractivity contribution in [1.29, 1.82) is 5.41 Å². The average molecular weight is 168 g/mol. The van der Waals surface area contributed by atoms with Crippen LogP contribution in [0.15, 0.2) is 12.4 Å². The second-order valence-electron chi connectivity index (χ2n) is 2.24. The molecule has 1 rings (SSSR count). The second-order valence-corrected chi connectivity index (χ2v) is 2.24. The second kappa shape index (κ2) is 5.35. The topological polar surface area (TPSA) is 67.7 Å². The molecule has 4 nitrogen and oxygen atoms in total. The van der Waals surface area contributed by atoms with Gasteiger partial charge < -0.3 is 5.73 Å². The zero-order valence-corrected chi connectivity index (χ0v) is 7.83. The molecule has 0 atom stereocenters. The highest BCUT2D eigenvalue weighted by Crippen LogP contribution is 1.92. The van der Waals surface area contributed by atoms with E-state index < -0.39 is 0 Å². The lowest BCUT2D eigenvalue weighted by Crippen LogP contribution is -2.17. The van der Waals surface area contributed by atoms with Crippen LogP contribution in [0, 0.1) is 12.3 Å². The van der Waals surface area contributed by atoms with Crippen molar-refractivity contribution >= 4 is 5.84 Å². The van der Waals surface area contributed by atoms with E-state index in [0.717, 1.165) is 5.56 Å². The van der Waals surface area contributed by atoms with E-state index in [1.54, 1.807) is 10.9 Å². The number of nitrogens with two attached hydrogens (primary N) is 1. The summed E-state index contributed by atoms with van der Waals surface area (Å²) in [5.41, 5.74) is 6.24. The fourth-order valence-electron chi connectivity index (χ4n) is 0.728. The Hall–Kier alpha value is -1.32. The molecule has 0 bridgehead atoms.